The fraction of sp³-hybridized carbons (Fsp3) is 0.280. The standard InChI is InChI=1S/C25H25NO4S/c1-16-8-9-21(10-17(16)2)30-14-18-11-23(31-15-18)24(27)26-13-20-7-5-4-6-19(20)12-22(26)25(28)29-3/h4-11,15,22H,12-14H2,1-3H3. The molecule has 1 aromatic heterocycles. The van der Waals surface area contributed by atoms with Crippen LogP contribution < -0.4 is 4.74 Å². The number of fused-ring (bicyclic) bond motifs is 1. The van der Waals surface area contributed by atoms with E-state index in [1.54, 1.807) is 4.90 Å². The van der Waals surface area contributed by atoms with Crippen molar-refractivity contribution in [1.82, 2.24) is 4.90 Å². The molecule has 31 heavy (non-hydrogen) atoms. The summed E-state index contributed by atoms with van der Waals surface area (Å²) in [5.74, 6) is 0.255. The van der Waals surface area contributed by atoms with Crippen LogP contribution in [0.5, 0.6) is 5.75 Å². The Balaban J connectivity index is 1.50. The molecule has 5 nitrogen and oxygen atoms in total. The molecule has 1 unspecified atom stereocenters. The van der Waals surface area contributed by atoms with Crippen LogP contribution >= 0.6 is 11.3 Å². The van der Waals surface area contributed by atoms with Crippen LogP contribution in [0.1, 0.15) is 37.5 Å². The maximum Gasteiger partial charge on any atom is 0.328 e. The van der Waals surface area contributed by atoms with E-state index in [-0.39, 0.29) is 5.91 Å². The van der Waals surface area contributed by atoms with E-state index in [0.29, 0.717) is 24.4 Å². The van der Waals surface area contributed by atoms with E-state index in [1.807, 2.05) is 53.9 Å². The number of rotatable bonds is 5. The number of esters is 1. The van der Waals surface area contributed by atoms with Crippen molar-refractivity contribution in [2.24, 2.45) is 0 Å². The molecule has 0 N–H and O–H groups in total. The molecule has 1 aliphatic heterocycles. The summed E-state index contributed by atoms with van der Waals surface area (Å²) in [5, 5.41) is 1.93. The summed E-state index contributed by atoms with van der Waals surface area (Å²) in [4.78, 5) is 27.9. The smallest absolute Gasteiger partial charge is 0.328 e. The maximum absolute atomic E-state index is 13.3. The molecule has 0 bridgehead atoms. The summed E-state index contributed by atoms with van der Waals surface area (Å²) in [6.07, 6.45) is 0.461. The molecule has 4 rings (SSSR count). The van der Waals surface area contributed by atoms with Crippen LogP contribution in [0.15, 0.2) is 53.9 Å². The fourth-order valence-electron chi connectivity index (χ4n) is 3.76. The number of ether oxygens (including phenoxy) is 2. The van der Waals surface area contributed by atoms with Crippen molar-refractivity contribution in [1.29, 1.82) is 0 Å². The maximum atomic E-state index is 13.3. The first-order chi connectivity index (χ1) is 15.0. The predicted molar refractivity (Wildman–Crippen MR) is 120 cm³/mol. The Morgan fingerprint density at radius 2 is 1.84 bits per heavy atom. The highest BCUT2D eigenvalue weighted by atomic mass is 32.1. The van der Waals surface area contributed by atoms with Crippen LogP contribution in [0.2, 0.25) is 0 Å². The highest BCUT2D eigenvalue weighted by Crippen LogP contribution is 2.28. The van der Waals surface area contributed by atoms with Gasteiger partial charge in [-0.1, -0.05) is 30.3 Å². The number of hydrogen-bond acceptors (Lipinski definition) is 5. The van der Waals surface area contributed by atoms with E-state index < -0.39 is 12.0 Å². The zero-order valence-electron chi connectivity index (χ0n) is 17.9. The van der Waals surface area contributed by atoms with Gasteiger partial charge < -0.3 is 14.4 Å². The van der Waals surface area contributed by atoms with E-state index >= 15 is 0 Å². The molecule has 0 radical (unpaired) electrons. The Bertz CT molecular complexity index is 1120. The third-order valence-corrected chi connectivity index (χ3v) is 6.70. The molecular weight excluding hydrogens is 410 g/mol. The SMILES string of the molecule is COC(=O)C1Cc2ccccc2CN1C(=O)c1cc(COc2ccc(C)c(C)c2)cs1. The molecule has 3 aromatic rings. The van der Waals surface area contributed by atoms with Gasteiger partial charge in [-0.2, -0.15) is 0 Å². The largest absolute Gasteiger partial charge is 0.489 e. The van der Waals surface area contributed by atoms with Crippen LogP contribution in [-0.2, 0) is 29.1 Å². The van der Waals surface area contributed by atoms with Gasteiger partial charge in [-0.3, -0.25) is 4.79 Å². The van der Waals surface area contributed by atoms with E-state index in [0.717, 1.165) is 22.4 Å². The van der Waals surface area contributed by atoms with Crippen molar-refractivity contribution in [3.8, 4) is 5.75 Å². The van der Waals surface area contributed by atoms with Crippen LogP contribution in [-0.4, -0.2) is 29.9 Å². The van der Waals surface area contributed by atoms with E-state index in [4.69, 9.17) is 9.47 Å². The first kappa shape index (κ1) is 21.1. The molecule has 2 heterocycles. The van der Waals surface area contributed by atoms with Crippen molar-refractivity contribution in [2.75, 3.05) is 7.11 Å². The summed E-state index contributed by atoms with van der Waals surface area (Å²) in [6, 6.07) is 15.1. The lowest BCUT2D eigenvalue weighted by atomic mass is 9.93. The van der Waals surface area contributed by atoms with E-state index in [1.165, 1.54) is 29.6 Å². The topological polar surface area (TPSA) is 55.8 Å². The Morgan fingerprint density at radius 3 is 2.58 bits per heavy atom. The normalized spacial score (nSPS) is 15.3. The second-order valence-corrected chi connectivity index (χ2v) is 8.71. The zero-order valence-corrected chi connectivity index (χ0v) is 18.7. The summed E-state index contributed by atoms with van der Waals surface area (Å²) in [6.45, 7) is 4.89. The Hall–Kier alpha value is -3.12. The molecule has 0 saturated heterocycles. The highest BCUT2D eigenvalue weighted by molar-refractivity contribution is 7.12. The molecule has 0 spiro atoms. The quantitative estimate of drug-likeness (QED) is 0.546. The van der Waals surface area contributed by atoms with Crippen molar-refractivity contribution in [3.63, 3.8) is 0 Å². The summed E-state index contributed by atoms with van der Waals surface area (Å²) < 4.78 is 10.9. The Kier molecular flexibility index (Phi) is 6.09. The second-order valence-electron chi connectivity index (χ2n) is 7.80. The van der Waals surface area contributed by atoms with Crippen molar-refractivity contribution in [2.45, 2.75) is 39.5 Å². The van der Waals surface area contributed by atoms with Gasteiger partial charge in [0.05, 0.1) is 12.0 Å². The summed E-state index contributed by atoms with van der Waals surface area (Å²) in [5.41, 5.74) is 5.47. The van der Waals surface area contributed by atoms with E-state index in [9.17, 15) is 9.59 Å². The molecule has 6 heteroatoms. The fourth-order valence-corrected chi connectivity index (χ4v) is 4.61. The minimum Gasteiger partial charge on any atom is -0.489 e. The van der Waals surface area contributed by atoms with Crippen LogP contribution in [0, 0.1) is 13.8 Å². The molecule has 2 aromatic carbocycles. The first-order valence-electron chi connectivity index (χ1n) is 10.2. The van der Waals surface area contributed by atoms with Crippen molar-refractivity contribution in [3.05, 3.63) is 86.6 Å². The van der Waals surface area contributed by atoms with Crippen molar-refractivity contribution < 1.29 is 19.1 Å². The van der Waals surface area contributed by atoms with Crippen molar-refractivity contribution >= 4 is 23.2 Å². The van der Waals surface area contributed by atoms with Gasteiger partial charge >= 0.3 is 5.97 Å². The molecule has 160 valence electrons. The van der Waals surface area contributed by atoms with Crippen LogP contribution in [0.4, 0.5) is 0 Å². The molecule has 0 aliphatic carbocycles. The minimum atomic E-state index is -0.621. The minimum absolute atomic E-state index is 0.160. The lowest BCUT2D eigenvalue weighted by molar-refractivity contribution is -0.146. The molecular formula is C25H25NO4S. The van der Waals surface area contributed by atoms with Gasteiger partial charge in [0, 0.05) is 18.5 Å². The molecule has 0 fully saturated rings. The van der Waals surface area contributed by atoms with Gasteiger partial charge in [0.25, 0.3) is 5.91 Å². The molecule has 1 amide bonds. The van der Waals surface area contributed by atoms with Crippen LogP contribution in [0.3, 0.4) is 0 Å². The second kappa shape index (κ2) is 8.94. The van der Waals surface area contributed by atoms with Gasteiger partial charge in [0.1, 0.15) is 18.4 Å². The van der Waals surface area contributed by atoms with Crippen LogP contribution in [0.25, 0.3) is 0 Å². The van der Waals surface area contributed by atoms with Gasteiger partial charge in [-0.15, -0.1) is 11.3 Å². The number of methoxy groups -OCH3 is 1. The third-order valence-electron chi connectivity index (χ3n) is 5.73. The van der Waals surface area contributed by atoms with Gasteiger partial charge in [-0.25, -0.2) is 4.79 Å². The predicted octanol–water partition coefficient (Wildman–Crippen LogP) is 4.68. The molecule has 0 saturated carbocycles. The average molecular weight is 436 g/mol. The van der Waals surface area contributed by atoms with E-state index in [2.05, 4.69) is 13.8 Å². The monoisotopic (exact) mass is 435 g/mol. The number of benzene rings is 2. The van der Waals surface area contributed by atoms with Gasteiger partial charge in [0.15, 0.2) is 0 Å². The number of carbonyl (C=O) groups is 2. The molecule has 1 aliphatic rings. The van der Waals surface area contributed by atoms with Gasteiger partial charge in [-0.05, 0) is 59.7 Å². The zero-order chi connectivity index (χ0) is 22.0. The number of thiophene rings is 1. The number of hydrogen-bond donors (Lipinski definition) is 0. The number of carbonyl (C=O) groups excluding carboxylic acids is 2. The Morgan fingerprint density at radius 1 is 1.06 bits per heavy atom. The highest BCUT2D eigenvalue weighted by Gasteiger charge is 2.36. The average Bonchev–Trinajstić information content (AvgIpc) is 3.27. The lowest BCUT2D eigenvalue weighted by Gasteiger charge is -2.34. The van der Waals surface area contributed by atoms with Gasteiger partial charge in [0.2, 0.25) is 0 Å². The third kappa shape index (κ3) is 4.49. The molecule has 1 atom stereocenters. The Labute approximate surface area is 186 Å². The number of amides is 1. The lowest BCUT2D eigenvalue weighted by Crippen LogP contribution is -2.49. The first-order valence-corrected chi connectivity index (χ1v) is 11.1. The number of aryl methyl sites for hydroxylation is 2. The summed E-state index contributed by atoms with van der Waals surface area (Å²) >= 11 is 1.37. The summed E-state index contributed by atoms with van der Waals surface area (Å²) in [7, 11) is 1.36. The number of nitrogens with zero attached hydrogens (tertiary/aromatic N) is 1.